The molecule has 4 rings (SSSR count). The zero-order chi connectivity index (χ0) is 23.6. The lowest BCUT2D eigenvalue weighted by Gasteiger charge is -2.21. The zero-order valence-electron chi connectivity index (χ0n) is 17.8. The second-order valence-corrected chi connectivity index (χ2v) is 8.49. The summed E-state index contributed by atoms with van der Waals surface area (Å²) in [7, 11) is 0. The molecule has 1 heterocycles. The van der Waals surface area contributed by atoms with Crippen molar-refractivity contribution < 1.29 is 27.6 Å². The molecule has 1 saturated carbocycles. The van der Waals surface area contributed by atoms with Gasteiger partial charge in [0.1, 0.15) is 6.04 Å². The first-order valence-electron chi connectivity index (χ1n) is 10.8. The van der Waals surface area contributed by atoms with Gasteiger partial charge in [0.15, 0.2) is 0 Å². The van der Waals surface area contributed by atoms with Gasteiger partial charge in [0, 0.05) is 31.1 Å². The van der Waals surface area contributed by atoms with Crippen molar-refractivity contribution in [1.29, 1.82) is 0 Å². The van der Waals surface area contributed by atoms with Gasteiger partial charge in [-0.25, -0.2) is 0 Å². The topological polar surface area (TPSA) is 78.5 Å². The molecule has 2 aliphatic rings. The summed E-state index contributed by atoms with van der Waals surface area (Å²) in [6, 6.07) is 13.1. The van der Waals surface area contributed by atoms with E-state index in [1.807, 2.05) is 30.3 Å². The second-order valence-electron chi connectivity index (χ2n) is 8.49. The summed E-state index contributed by atoms with van der Waals surface area (Å²) in [4.78, 5) is 39.4. The van der Waals surface area contributed by atoms with Gasteiger partial charge in [0.05, 0.1) is 11.5 Å². The van der Waals surface area contributed by atoms with Crippen LogP contribution in [0.5, 0.6) is 0 Å². The van der Waals surface area contributed by atoms with E-state index in [0.29, 0.717) is 6.42 Å². The molecule has 33 heavy (non-hydrogen) atoms. The minimum atomic E-state index is -4.53. The van der Waals surface area contributed by atoms with Crippen LogP contribution in [0.2, 0.25) is 0 Å². The van der Waals surface area contributed by atoms with Gasteiger partial charge in [-0.3, -0.25) is 14.4 Å². The number of carbonyl (C=O) groups excluding carboxylic acids is 3. The Kier molecular flexibility index (Phi) is 6.40. The molecule has 0 aromatic heterocycles. The molecule has 6 nitrogen and oxygen atoms in total. The first-order valence-corrected chi connectivity index (χ1v) is 10.8. The fourth-order valence-corrected chi connectivity index (χ4v) is 3.86. The van der Waals surface area contributed by atoms with Gasteiger partial charge in [0.25, 0.3) is 0 Å². The van der Waals surface area contributed by atoms with Gasteiger partial charge in [0.2, 0.25) is 17.7 Å². The van der Waals surface area contributed by atoms with Crippen LogP contribution in [-0.4, -0.2) is 36.3 Å². The van der Waals surface area contributed by atoms with E-state index in [0.717, 1.165) is 30.5 Å². The first kappa shape index (κ1) is 22.8. The monoisotopic (exact) mass is 459 g/mol. The zero-order valence-corrected chi connectivity index (χ0v) is 17.8. The van der Waals surface area contributed by atoms with Crippen molar-refractivity contribution in [3.05, 3.63) is 65.7 Å². The molecule has 2 aromatic carbocycles. The summed E-state index contributed by atoms with van der Waals surface area (Å²) in [6.45, 7) is -0.0473. The molecule has 2 aromatic rings. The Hall–Kier alpha value is -3.36. The molecule has 1 aliphatic carbocycles. The Morgan fingerprint density at radius 3 is 2.45 bits per heavy atom. The molecule has 0 radical (unpaired) electrons. The molecule has 2 N–H and O–H groups in total. The number of amides is 3. The smallest absolute Gasteiger partial charge is 0.352 e. The highest BCUT2D eigenvalue weighted by atomic mass is 19.4. The summed E-state index contributed by atoms with van der Waals surface area (Å²) in [5, 5.41) is 5.66. The van der Waals surface area contributed by atoms with Crippen molar-refractivity contribution in [1.82, 2.24) is 10.6 Å². The third kappa shape index (κ3) is 5.71. The van der Waals surface area contributed by atoms with E-state index in [4.69, 9.17) is 0 Å². The fourth-order valence-electron chi connectivity index (χ4n) is 3.86. The van der Waals surface area contributed by atoms with Crippen molar-refractivity contribution in [3.63, 3.8) is 0 Å². The lowest BCUT2D eigenvalue weighted by molar-refractivity contribution is -0.137. The molecular formula is C24H24F3N3O3. The molecule has 1 saturated heterocycles. The maximum Gasteiger partial charge on any atom is 0.416 e. The van der Waals surface area contributed by atoms with Crippen LogP contribution in [0.1, 0.15) is 30.4 Å². The predicted octanol–water partition coefficient (Wildman–Crippen LogP) is 3.06. The highest BCUT2D eigenvalue weighted by Crippen LogP contribution is 2.33. The van der Waals surface area contributed by atoms with E-state index in [1.54, 1.807) is 0 Å². The minimum absolute atomic E-state index is 0.0473. The number of alkyl halides is 3. The Bertz CT molecular complexity index is 1040. The van der Waals surface area contributed by atoms with Crippen LogP contribution in [0, 0.1) is 5.92 Å². The molecule has 0 bridgehead atoms. The van der Waals surface area contributed by atoms with Crippen LogP contribution in [0.25, 0.3) is 0 Å². The van der Waals surface area contributed by atoms with Crippen molar-refractivity contribution in [2.45, 2.75) is 43.9 Å². The van der Waals surface area contributed by atoms with E-state index in [9.17, 15) is 27.6 Å². The highest BCUT2D eigenvalue weighted by Gasteiger charge is 2.38. The van der Waals surface area contributed by atoms with Crippen LogP contribution in [0.15, 0.2) is 54.6 Å². The molecule has 0 spiro atoms. The standard InChI is InChI=1S/C24H24F3N3O3/c25-24(26,27)17-7-4-8-19(13-17)30-14-16(12-21(30)31)22(32)29-20(23(33)28-18-9-10-18)11-15-5-2-1-3-6-15/h1-8,13,16,18,20H,9-12,14H2,(H,28,33)(H,29,32). The average Bonchev–Trinajstić information content (AvgIpc) is 3.51. The van der Waals surface area contributed by atoms with E-state index >= 15 is 0 Å². The third-order valence-electron chi connectivity index (χ3n) is 5.82. The Morgan fingerprint density at radius 2 is 1.79 bits per heavy atom. The molecule has 174 valence electrons. The summed E-state index contributed by atoms with van der Waals surface area (Å²) in [6.07, 6.45) is -2.57. The Balaban J connectivity index is 1.45. The number of benzene rings is 2. The Morgan fingerprint density at radius 1 is 1.06 bits per heavy atom. The molecule has 3 amide bonds. The van der Waals surface area contributed by atoms with Gasteiger partial charge in [-0.2, -0.15) is 13.2 Å². The number of hydrogen-bond acceptors (Lipinski definition) is 3. The molecule has 2 fully saturated rings. The second kappa shape index (κ2) is 9.25. The maximum absolute atomic E-state index is 13.0. The number of halogens is 3. The average molecular weight is 459 g/mol. The van der Waals surface area contributed by atoms with Crippen LogP contribution in [-0.2, 0) is 27.0 Å². The number of rotatable bonds is 7. The molecule has 9 heteroatoms. The SMILES string of the molecule is O=C(NC(Cc1ccccc1)C(=O)NC1CC1)C1CC(=O)N(c2cccc(C(F)(F)F)c2)C1. The normalized spacial score (nSPS) is 19.3. The quantitative estimate of drug-likeness (QED) is 0.668. The van der Waals surface area contributed by atoms with Crippen LogP contribution in [0.4, 0.5) is 18.9 Å². The summed E-state index contributed by atoms with van der Waals surface area (Å²) in [5.74, 6) is -1.95. The fraction of sp³-hybridized carbons (Fsp3) is 0.375. The largest absolute Gasteiger partial charge is 0.416 e. The van der Waals surface area contributed by atoms with Crippen molar-refractivity contribution in [2.24, 2.45) is 5.92 Å². The van der Waals surface area contributed by atoms with Gasteiger partial charge in [-0.15, -0.1) is 0 Å². The maximum atomic E-state index is 13.0. The lowest BCUT2D eigenvalue weighted by atomic mass is 10.0. The number of nitrogens with one attached hydrogen (secondary N) is 2. The van der Waals surface area contributed by atoms with Crippen LogP contribution in [0.3, 0.4) is 0 Å². The number of hydrogen-bond donors (Lipinski definition) is 2. The number of anilines is 1. The van der Waals surface area contributed by atoms with Crippen LogP contribution >= 0.6 is 0 Å². The van der Waals surface area contributed by atoms with Gasteiger partial charge < -0.3 is 15.5 Å². The van der Waals surface area contributed by atoms with E-state index in [2.05, 4.69) is 10.6 Å². The van der Waals surface area contributed by atoms with E-state index in [1.165, 1.54) is 17.0 Å². The predicted molar refractivity (Wildman–Crippen MR) is 115 cm³/mol. The molecule has 1 aliphatic heterocycles. The lowest BCUT2D eigenvalue weighted by Crippen LogP contribution is -2.50. The van der Waals surface area contributed by atoms with Gasteiger partial charge in [-0.1, -0.05) is 36.4 Å². The van der Waals surface area contributed by atoms with Gasteiger partial charge >= 0.3 is 6.18 Å². The number of nitrogens with zero attached hydrogens (tertiary/aromatic N) is 1. The van der Waals surface area contributed by atoms with Gasteiger partial charge in [-0.05, 0) is 36.6 Å². The minimum Gasteiger partial charge on any atom is -0.352 e. The first-order chi connectivity index (χ1) is 15.7. The molecular weight excluding hydrogens is 435 g/mol. The van der Waals surface area contributed by atoms with Crippen molar-refractivity contribution in [2.75, 3.05) is 11.4 Å². The molecule has 2 unspecified atom stereocenters. The van der Waals surface area contributed by atoms with E-state index in [-0.39, 0.29) is 30.6 Å². The molecule has 2 atom stereocenters. The highest BCUT2D eigenvalue weighted by molar-refractivity contribution is 6.01. The Labute approximate surface area is 189 Å². The van der Waals surface area contributed by atoms with Crippen molar-refractivity contribution >= 4 is 23.4 Å². The summed E-state index contributed by atoms with van der Waals surface area (Å²) < 4.78 is 39.1. The van der Waals surface area contributed by atoms with E-state index < -0.39 is 35.5 Å². The summed E-state index contributed by atoms with van der Waals surface area (Å²) in [5.41, 5.74) is 0.111. The van der Waals surface area contributed by atoms with Crippen LogP contribution < -0.4 is 15.5 Å². The summed E-state index contributed by atoms with van der Waals surface area (Å²) >= 11 is 0. The third-order valence-corrected chi connectivity index (χ3v) is 5.82. The van der Waals surface area contributed by atoms with Crippen molar-refractivity contribution in [3.8, 4) is 0 Å². The number of carbonyl (C=O) groups is 3.